The molecule has 0 fully saturated rings. The van der Waals surface area contributed by atoms with Crippen molar-refractivity contribution < 1.29 is 0 Å². The lowest BCUT2D eigenvalue weighted by atomic mass is 9.67. The normalized spacial score (nSPS) is 12.9. The molecule has 10 aromatic rings. The minimum absolute atomic E-state index is 0.495. The Morgan fingerprint density at radius 1 is 0.364 bits per heavy atom. The van der Waals surface area contributed by atoms with E-state index in [2.05, 4.69) is 217 Å². The molecule has 0 spiro atoms. The second-order valence-electron chi connectivity index (χ2n) is 14.4. The van der Waals surface area contributed by atoms with Gasteiger partial charge < -0.3 is 4.90 Å². The molecule has 258 valence electrons. The molecule has 1 heterocycles. The van der Waals surface area contributed by atoms with Crippen molar-refractivity contribution in [2.75, 3.05) is 4.90 Å². The van der Waals surface area contributed by atoms with E-state index < -0.39 is 5.41 Å². The Labute approximate surface area is 325 Å². The van der Waals surface area contributed by atoms with E-state index >= 15 is 0 Å². The highest BCUT2D eigenvalue weighted by Gasteiger charge is 2.46. The van der Waals surface area contributed by atoms with Gasteiger partial charge in [-0.3, -0.25) is 0 Å². The van der Waals surface area contributed by atoms with Crippen molar-refractivity contribution in [3.8, 4) is 22.3 Å². The zero-order valence-corrected chi connectivity index (χ0v) is 30.9. The summed E-state index contributed by atoms with van der Waals surface area (Å²) in [6.45, 7) is 0. The molecule has 0 unspecified atom stereocenters. The van der Waals surface area contributed by atoms with Gasteiger partial charge in [0.15, 0.2) is 0 Å². The highest BCUT2D eigenvalue weighted by molar-refractivity contribution is 7.26. The summed E-state index contributed by atoms with van der Waals surface area (Å²) in [5.74, 6) is 0. The maximum absolute atomic E-state index is 2.48. The monoisotopic (exact) mass is 717 g/mol. The van der Waals surface area contributed by atoms with E-state index in [0.29, 0.717) is 0 Å². The van der Waals surface area contributed by atoms with Crippen LogP contribution in [-0.4, -0.2) is 0 Å². The average Bonchev–Trinajstić information content (AvgIpc) is 3.79. The third kappa shape index (κ3) is 4.85. The molecule has 0 radical (unpaired) electrons. The molecule has 0 amide bonds. The van der Waals surface area contributed by atoms with Crippen LogP contribution in [0.25, 0.3) is 53.2 Å². The number of hydrogen-bond donors (Lipinski definition) is 0. The average molecular weight is 718 g/mol. The van der Waals surface area contributed by atoms with E-state index in [0.717, 1.165) is 11.4 Å². The Bertz CT molecular complexity index is 2990. The number of anilines is 3. The molecule has 55 heavy (non-hydrogen) atoms. The Morgan fingerprint density at radius 3 is 1.65 bits per heavy atom. The van der Waals surface area contributed by atoms with Crippen LogP contribution >= 0.6 is 11.3 Å². The minimum atomic E-state index is -0.495. The van der Waals surface area contributed by atoms with Crippen molar-refractivity contribution in [1.82, 2.24) is 0 Å². The number of thiophene rings is 1. The second kappa shape index (κ2) is 12.7. The smallest absolute Gasteiger partial charge is 0.0714 e. The fraction of sp³-hybridized carbons (Fsp3) is 0.0189. The summed E-state index contributed by atoms with van der Waals surface area (Å²) in [5, 5.41) is 5.14. The molecule has 0 saturated heterocycles. The van der Waals surface area contributed by atoms with E-state index in [1.165, 1.54) is 81.1 Å². The molecule has 0 atom stereocenters. The fourth-order valence-electron chi connectivity index (χ4n) is 9.21. The third-order valence-electron chi connectivity index (χ3n) is 11.5. The van der Waals surface area contributed by atoms with Gasteiger partial charge in [0.05, 0.1) is 11.1 Å². The Balaban J connectivity index is 1.19. The third-order valence-corrected chi connectivity index (χ3v) is 12.7. The van der Waals surface area contributed by atoms with Crippen molar-refractivity contribution in [3.63, 3.8) is 0 Å². The summed E-state index contributed by atoms with van der Waals surface area (Å²) in [6, 6.07) is 78.3. The molecule has 11 rings (SSSR count). The van der Waals surface area contributed by atoms with Gasteiger partial charge in [-0.1, -0.05) is 176 Å². The predicted molar refractivity (Wildman–Crippen MR) is 234 cm³/mol. The first-order chi connectivity index (χ1) is 27.3. The van der Waals surface area contributed by atoms with E-state index in [4.69, 9.17) is 0 Å². The second-order valence-corrected chi connectivity index (χ2v) is 15.5. The molecule has 9 aromatic carbocycles. The van der Waals surface area contributed by atoms with Crippen LogP contribution in [0.5, 0.6) is 0 Å². The molecule has 1 aromatic heterocycles. The van der Waals surface area contributed by atoms with Crippen LogP contribution in [0.2, 0.25) is 0 Å². The number of hydrogen-bond acceptors (Lipinski definition) is 2. The van der Waals surface area contributed by atoms with Crippen LogP contribution in [0.15, 0.2) is 212 Å². The summed E-state index contributed by atoms with van der Waals surface area (Å²) >= 11 is 1.88. The first kappa shape index (κ1) is 31.8. The van der Waals surface area contributed by atoms with E-state index in [-0.39, 0.29) is 0 Å². The minimum Gasteiger partial charge on any atom is -0.310 e. The number of benzene rings is 9. The zero-order chi connectivity index (χ0) is 36.3. The molecule has 0 N–H and O–H groups in total. The predicted octanol–water partition coefficient (Wildman–Crippen LogP) is 14.7. The molecule has 0 aliphatic heterocycles. The largest absolute Gasteiger partial charge is 0.310 e. The summed E-state index contributed by atoms with van der Waals surface area (Å²) in [6.07, 6.45) is 0. The Hall–Kier alpha value is -6.74. The van der Waals surface area contributed by atoms with Gasteiger partial charge in [0, 0.05) is 36.9 Å². The molecule has 0 saturated carbocycles. The van der Waals surface area contributed by atoms with Crippen LogP contribution in [0.4, 0.5) is 17.1 Å². The van der Waals surface area contributed by atoms with Gasteiger partial charge in [0.1, 0.15) is 0 Å². The Morgan fingerprint density at radius 2 is 0.927 bits per heavy atom. The van der Waals surface area contributed by atoms with Crippen LogP contribution in [-0.2, 0) is 5.41 Å². The quantitative estimate of drug-likeness (QED) is 0.166. The molecule has 1 aliphatic rings. The van der Waals surface area contributed by atoms with E-state index in [9.17, 15) is 0 Å². The topological polar surface area (TPSA) is 3.24 Å². The summed E-state index contributed by atoms with van der Waals surface area (Å²) < 4.78 is 2.60. The van der Waals surface area contributed by atoms with E-state index in [1.54, 1.807) is 0 Å². The van der Waals surface area contributed by atoms with Crippen molar-refractivity contribution >= 4 is 59.3 Å². The maximum atomic E-state index is 2.48. The summed E-state index contributed by atoms with van der Waals surface area (Å²) in [4.78, 5) is 2.48. The lowest BCUT2D eigenvalue weighted by molar-refractivity contribution is 0.768. The van der Waals surface area contributed by atoms with Crippen LogP contribution < -0.4 is 4.90 Å². The molecule has 1 nitrogen and oxygen atoms in total. The number of rotatable bonds is 6. The van der Waals surface area contributed by atoms with Gasteiger partial charge in [0.2, 0.25) is 0 Å². The number of fused-ring (bicyclic) bond motifs is 8. The van der Waals surface area contributed by atoms with Gasteiger partial charge in [-0.2, -0.15) is 0 Å². The van der Waals surface area contributed by atoms with Crippen LogP contribution in [0.3, 0.4) is 0 Å². The zero-order valence-electron chi connectivity index (χ0n) is 30.1. The summed E-state index contributed by atoms with van der Waals surface area (Å²) in [7, 11) is 0. The highest BCUT2D eigenvalue weighted by Crippen LogP contribution is 2.57. The fourth-order valence-corrected chi connectivity index (χ4v) is 10.4. The first-order valence-corrected chi connectivity index (χ1v) is 19.7. The van der Waals surface area contributed by atoms with E-state index in [1.807, 2.05) is 11.3 Å². The lowest BCUT2D eigenvalue weighted by Crippen LogP contribution is -2.28. The lowest BCUT2D eigenvalue weighted by Gasteiger charge is -2.35. The maximum Gasteiger partial charge on any atom is 0.0714 e. The molecular weight excluding hydrogens is 683 g/mol. The van der Waals surface area contributed by atoms with Crippen molar-refractivity contribution in [1.29, 1.82) is 0 Å². The first-order valence-electron chi connectivity index (χ1n) is 18.9. The molecule has 0 bridgehead atoms. The SMILES string of the molecule is c1ccc(-c2ccc(N(c3cccc(C4(c5ccccc5)c5ccccc5-c5ccccc54)c3)c3cc4sc5ccccc5c4c4ccccc34)cc2)cc1. The van der Waals surface area contributed by atoms with Gasteiger partial charge in [-0.05, 0) is 86.3 Å². The standard InChI is InChI=1S/C53H35NS/c1-3-16-36(17-4-1)37-30-32-40(33-31-37)54(49-35-51-52(45-25-8-7-24-44(45)49)46-26-11-14-29-50(46)55-51)41-21-15-20-39(34-41)53(38-18-5-2-6-19-38)47-27-12-9-22-42(47)43-23-10-13-28-48(43)53/h1-35H. The highest BCUT2D eigenvalue weighted by atomic mass is 32.1. The van der Waals surface area contributed by atoms with Crippen molar-refractivity contribution in [3.05, 3.63) is 235 Å². The number of nitrogens with zero attached hydrogens (tertiary/aromatic N) is 1. The van der Waals surface area contributed by atoms with Gasteiger partial charge in [-0.15, -0.1) is 11.3 Å². The van der Waals surface area contributed by atoms with Gasteiger partial charge >= 0.3 is 0 Å². The molecule has 2 heteroatoms. The molecular formula is C53H35NS. The Kier molecular flexibility index (Phi) is 7.33. The van der Waals surface area contributed by atoms with Crippen molar-refractivity contribution in [2.45, 2.75) is 5.41 Å². The van der Waals surface area contributed by atoms with Crippen LogP contribution in [0.1, 0.15) is 22.3 Å². The van der Waals surface area contributed by atoms with Gasteiger partial charge in [-0.25, -0.2) is 0 Å². The summed E-state index contributed by atoms with van der Waals surface area (Å²) in [5.41, 5.74) is 13.0. The van der Waals surface area contributed by atoms with Crippen molar-refractivity contribution in [2.24, 2.45) is 0 Å². The van der Waals surface area contributed by atoms with Gasteiger partial charge in [0.25, 0.3) is 0 Å². The molecule has 1 aliphatic carbocycles. The van der Waals surface area contributed by atoms with Crippen LogP contribution in [0, 0.1) is 0 Å².